The zero-order valence-electron chi connectivity index (χ0n) is 23.6. The Balaban J connectivity index is 1.62. The molecule has 2 fully saturated rings. The molecule has 1 saturated carbocycles. The topological polar surface area (TPSA) is 139 Å². The summed E-state index contributed by atoms with van der Waals surface area (Å²) in [6.45, 7) is 5.58. The van der Waals surface area contributed by atoms with Gasteiger partial charge in [0.15, 0.2) is 5.82 Å². The lowest BCUT2D eigenvalue weighted by atomic mass is 10.0. The fraction of sp³-hybridized carbons (Fsp3) is 0.481. The first-order chi connectivity index (χ1) is 19.8. The molecular weight excluding hydrogens is 559 g/mol. The van der Waals surface area contributed by atoms with Crippen LogP contribution in [0.2, 0.25) is 0 Å². The van der Waals surface area contributed by atoms with E-state index in [0.717, 1.165) is 11.1 Å². The summed E-state index contributed by atoms with van der Waals surface area (Å²) in [5.41, 5.74) is -0.255. The van der Waals surface area contributed by atoms with E-state index in [-0.39, 0.29) is 36.3 Å². The SMILES string of the molecule is CCN(CC)c1ncc(N(CC)C(=O)C(F)(F)F)c(N[C@@H](Cc2ccc(N3C(=O)N(C)C4(CC4)C3=O)cc2)C(=O)O)n1. The van der Waals surface area contributed by atoms with Crippen LogP contribution >= 0.6 is 0 Å². The number of carbonyl (C=O) groups is 4. The third-order valence-corrected chi connectivity index (χ3v) is 7.59. The van der Waals surface area contributed by atoms with Crippen molar-refractivity contribution in [3.8, 4) is 0 Å². The molecule has 0 unspecified atom stereocenters. The first-order valence-electron chi connectivity index (χ1n) is 13.5. The molecular formula is C27H32F3N7O5. The maximum Gasteiger partial charge on any atom is 0.471 e. The summed E-state index contributed by atoms with van der Waals surface area (Å²) >= 11 is 0. The van der Waals surface area contributed by atoms with Crippen molar-refractivity contribution in [3.05, 3.63) is 36.0 Å². The minimum Gasteiger partial charge on any atom is -0.480 e. The van der Waals surface area contributed by atoms with Crippen molar-refractivity contribution < 1.29 is 37.5 Å². The molecule has 1 saturated heterocycles. The minimum absolute atomic E-state index is 0.134. The molecule has 1 aliphatic carbocycles. The lowest BCUT2D eigenvalue weighted by Crippen LogP contribution is -2.42. The highest BCUT2D eigenvalue weighted by atomic mass is 19.4. The summed E-state index contributed by atoms with van der Waals surface area (Å²) in [6.07, 6.45) is -3.05. The number of nitrogens with zero attached hydrogens (tertiary/aromatic N) is 6. The molecule has 0 radical (unpaired) electrons. The smallest absolute Gasteiger partial charge is 0.471 e. The second-order valence-electron chi connectivity index (χ2n) is 10.0. The van der Waals surface area contributed by atoms with E-state index in [1.54, 1.807) is 24.1 Å². The number of carboxylic acid groups (broad SMARTS) is 1. The molecule has 1 aromatic heterocycles. The monoisotopic (exact) mass is 591 g/mol. The molecule has 2 N–H and O–H groups in total. The summed E-state index contributed by atoms with van der Waals surface area (Å²) < 4.78 is 40.1. The Bertz CT molecular complexity index is 1380. The van der Waals surface area contributed by atoms with Gasteiger partial charge in [0.05, 0.1) is 11.9 Å². The number of urea groups is 1. The zero-order valence-corrected chi connectivity index (χ0v) is 23.6. The lowest BCUT2D eigenvalue weighted by Gasteiger charge is -2.27. The van der Waals surface area contributed by atoms with E-state index in [1.807, 2.05) is 13.8 Å². The number of carbonyl (C=O) groups excluding carboxylic acids is 3. The highest BCUT2D eigenvalue weighted by molar-refractivity contribution is 6.24. The Morgan fingerprint density at radius 1 is 1.10 bits per heavy atom. The number of halogens is 3. The normalized spacial score (nSPS) is 16.5. The van der Waals surface area contributed by atoms with E-state index in [2.05, 4.69) is 15.3 Å². The number of aliphatic carboxylic acids is 1. The number of aromatic nitrogens is 2. The maximum atomic E-state index is 13.4. The van der Waals surface area contributed by atoms with Crippen LogP contribution in [-0.2, 0) is 20.8 Å². The van der Waals surface area contributed by atoms with E-state index >= 15 is 0 Å². The van der Waals surface area contributed by atoms with Crippen LogP contribution in [0.3, 0.4) is 0 Å². The van der Waals surface area contributed by atoms with Crippen LogP contribution in [0.5, 0.6) is 0 Å². The van der Waals surface area contributed by atoms with Gasteiger partial charge in [-0.3, -0.25) is 9.59 Å². The third kappa shape index (κ3) is 5.54. The summed E-state index contributed by atoms with van der Waals surface area (Å²) in [7, 11) is 1.58. The van der Waals surface area contributed by atoms with Crippen molar-refractivity contribution in [1.29, 1.82) is 0 Å². The summed E-state index contributed by atoms with van der Waals surface area (Å²) in [4.78, 5) is 63.2. The highest BCUT2D eigenvalue weighted by Gasteiger charge is 2.63. The average Bonchev–Trinajstić information content (AvgIpc) is 3.74. The molecule has 12 nitrogen and oxygen atoms in total. The van der Waals surface area contributed by atoms with Crippen molar-refractivity contribution in [2.75, 3.05) is 46.7 Å². The zero-order chi connectivity index (χ0) is 31.0. The number of nitrogens with one attached hydrogen (secondary N) is 1. The Hall–Kier alpha value is -4.43. The molecule has 42 heavy (non-hydrogen) atoms. The van der Waals surface area contributed by atoms with Crippen LogP contribution in [0.15, 0.2) is 30.5 Å². The van der Waals surface area contributed by atoms with Gasteiger partial charge < -0.3 is 25.1 Å². The van der Waals surface area contributed by atoms with Crippen molar-refractivity contribution in [3.63, 3.8) is 0 Å². The minimum atomic E-state index is -5.18. The summed E-state index contributed by atoms with van der Waals surface area (Å²) in [5.74, 6) is -3.86. The van der Waals surface area contributed by atoms with Crippen LogP contribution in [0.4, 0.5) is 41.1 Å². The molecule has 4 rings (SSSR count). The number of hydrogen-bond acceptors (Lipinski definition) is 8. The van der Waals surface area contributed by atoms with Crippen molar-refractivity contribution in [2.45, 2.75) is 57.8 Å². The Morgan fingerprint density at radius 3 is 2.19 bits per heavy atom. The summed E-state index contributed by atoms with van der Waals surface area (Å²) in [6, 6.07) is 4.40. The Kier molecular flexibility index (Phi) is 8.32. The molecule has 1 atom stereocenters. The van der Waals surface area contributed by atoms with Gasteiger partial charge in [0.25, 0.3) is 5.91 Å². The number of likely N-dealkylation sites (N-methyl/N-ethyl adjacent to an activating group) is 1. The standard InChI is InChI=1S/C27H32F3N7O5/c1-5-35(6-2)24-31-15-19(36(7-3)23(41)27(28,29)30)20(33-24)32-18(21(38)39)14-16-8-10-17(11-9-16)37-22(40)26(12-13-26)34(4)25(37)42/h8-11,15,18H,5-7,12-14H2,1-4H3,(H,38,39)(H,31,32,33)/t18-/m0/s1. The van der Waals surface area contributed by atoms with Gasteiger partial charge in [-0.2, -0.15) is 18.2 Å². The number of benzene rings is 1. The van der Waals surface area contributed by atoms with Gasteiger partial charge in [0, 0.05) is 33.1 Å². The van der Waals surface area contributed by atoms with Crippen molar-refractivity contribution in [2.24, 2.45) is 0 Å². The van der Waals surface area contributed by atoms with Gasteiger partial charge >= 0.3 is 24.1 Å². The number of hydrogen-bond donors (Lipinski definition) is 2. The van der Waals surface area contributed by atoms with Crippen LogP contribution in [0.1, 0.15) is 39.2 Å². The predicted molar refractivity (Wildman–Crippen MR) is 147 cm³/mol. The third-order valence-electron chi connectivity index (χ3n) is 7.59. The van der Waals surface area contributed by atoms with Crippen LogP contribution in [0, 0.1) is 0 Å². The second kappa shape index (κ2) is 11.4. The van der Waals surface area contributed by atoms with Gasteiger partial charge in [-0.05, 0) is 51.3 Å². The second-order valence-corrected chi connectivity index (χ2v) is 10.0. The van der Waals surface area contributed by atoms with Crippen molar-refractivity contribution in [1.82, 2.24) is 14.9 Å². The van der Waals surface area contributed by atoms with Gasteiger partial charge in [-0.15, -0.1) is 0 Å². The van der Waals surface area contributed by atoms with Gasteiger partial charge in [0.1, 0.15) is 17.3 Å². The lowest BCUT2D eigenvalue weighted by molar-refractivity contribution is -0.170. The van der Waals surface area contributed by atoms with Gasteiger partial charge in [0.2, 0.25) is 5.95 Å². The van der Waals surface area contributed by atoms with E-state index in [4.69, 9.17) is 0 Å². The number of rotatable bonds is 11. The van der Waals surface area contributed by atoms with Crippen molar-refractivity contribution >= 4 is 47.0 Å². The largest absolute Gasteiger partial charge is 0.480 e. The molecule has 4 amide bonds. The number of alkyl halides is 3. The molecule has 2 aromatic rings. The summed E-state index contributed by atoms with van der Waals surface area (Å²) in [5, 5.41) is 12.7. The Morgan fingerprint density at radius 2 is 1.71 bits per heavy atom. The number of anilines is 4. The highest BCUT2D eigenvalue weighted by Crippen LogP contribution is 2.48. The van der Waals surface area contributed by atoms with E-state index < -0.39 is 35.7 Å². The molecule has 0 bridgehead atoms. The van der Waals surface area contributed by atoms with Crippen LogP contribution < -0.4 is 20.0 Å². The Labute approximate surface area is 240 Å². The first kappa shape index (κ1) is 30.5. The maximum absolute atomic E-state index is 13.4. The van der Waals surface area contributed by atoms with Crippen LogP contribution in [0.25, 0.3) is 0 Å². The van der Waals surface area contributed by atoms with E-state index in [1.165, 1.54) is 24.0 Å². The molecule has 2 aliphatic rings. The van der Waals surface area contributed by atoms with Gasteiger partial charge in [-0.1, -0.05) is 12.1 Å². The average molecular weight is 592 g/mol. The predicted octanol–water partition coefficient (Wildman–Crippen LogP) is 3.28. The molecule has 1 aliphatic heterocycles. The fourth-order valence-corrected chi connectivity index (χ4v) is 4.95. The number of amides is 4. The quantitative estimate of drug-likeness (QED) is 0.377. The van der Waals surface area contributed by atoms with Gasteiger partial charge in [-0.25, -0.2) is 19.5 Å². The molecule has 1 aromatic carbocycles. The molecule has 2 heterocycles. The first-order valence-corrected chi connectivity index (χ1v) is 13.5. The molecule has 1 spiro atoms. The molecule has 226 valence electrons. The van der Waals surface area contributed by atoms with E-state index in [9.17, 15) is 37.5 Å². The van der Waals surface area contributed by atoms with E-state index in [0.29, 0.717) is 42.1 Å². The fourth-order valence-electron chi connectivity index (χ4n) is 4.95. The number of imide groups is 1. The number of carboxylic acids is 1. The van der Waals surface area contributed by atoms with Crippen LogP contribution in [-0.4, -0.2) is 88.2 Å². The molecule has 15 heteroatoms.